The summed E-state index contributed by atoms with van der Waals surface area (Å²) in [4.78, 5) is 11.3. The van der Waals surface area contributed by atoms with Gasteiger partial charge in [-0.1, -0.05) is 0 Å². The lowest BCUT2D eigenvalue weighted by Gasteiger charge is -2.01. The van der Waals surface area contributed by atoms with E-state index in [1.807, 2.05) is 0 Å². The molecule has 0 saturated carbocycles. The zero-order chi connectivity index (χ0) is 10.8. The maximum Gasteiger partial charge on any atom is 0.340 e. The smallest absolute Gasteiger partial charge is 0.340 e. The molecule has 14 heavy (non-hydrogen) atoms. The van der Waals surface area contributed by atoms with Crippen molar-refractivity contribution >= 4 is 27.1 Å². The Balaban J connectivity index is 3.12. The van der Waals surface area contributed by atoms with Gasteiger partial charge < -0.3 is 4.74 Å². The minimum absolute atomic E-state index is 0.0657. The first-order chi connectivity index (χ1) is 6.46. The molecule has 1 rings (SSSR count). The predicted molar refractivity (Wildman–Crippen MR) is 53.4 cm³/mol. The summed E-state index contributed by atoms with van der Waals surface area (Å²) < 4.78 is 27.2. The third-order valence-corrected chi connectivity index (χ3v) is 4.26. The van der Waals surface area contributed by atoms with Gasteiger partial charge in [0.25, 0.3) is 0 Å². The van der Waals surface area contributed by atoms with Gasteiger partial charge in [-0.15, -0.1) is 11.3 Å². The SMILES string of the molecule is CCOC(=O)c1ccsc1S(C)(=O)=O. The molecule has 0 aromatic carbocycles. The monoisotopic (exact) mass is 234 g/mol. The lowest BCUT2D eigenvalue weighted by molar-refractivity contribution is 0.0523. The van der Waals surface area contributed by atoms with E-state index in [1.165, 1.54) is 6.07 Å². The second-order valence-corrected chi connectivity index (χ2v) is 5.74. The number of sulfone groups is 1. The van der Waals surface area contributed by atoms with E-state index in [0.717, 1.165) is 17.6 Å². The van der Waals surface area contributed by atoms with Crippen molar-refractivity contribution in [1.82, 2.24) is 0 Å². The van der Waals surface area contributed by atoms with Crippen molar-refractivity contribution in [2.24, 2.45) is 0 Å². The molecule has 0 amide bonds. The summed E-state index contributed by atoms with van der Waals surface area (Å²) in [6.07, 6.45) is 1.07. The number of rotatable bonds is 3. The van der Waals surface area contributed by atoms with Crippen LogP contribution in [0.1, 0.15) is 17.3 Å². The summed E-state index contributed by atoms with van der Waals surface area (Å²) in [7, 11) is -3.34. The lowest BCUT2D eigenvalue weighted by atomic mass is 10.3. The van der Waals surface area contributed by atoms with Crippen LogP contribution in [0.2, 0.25) is 0 Å². The molecule has 0 aliphatic rings. The average molecular weight is 234 g/mol. The minimum atomic E-state index is -3.34. The molecular weight excluding hydrogens is 224 g/mol. The highest BCUT2D eigenvalue weighted by molar-refractivity contribution is 7.92. The molecule has 0 spiro atoms. The Morgan fingerprint density at radius 2 is 2.21 bits per heavy atom. The third kappa shape index (κ3) is 2.33. The molecule has 1 aromatic heterocycles. The second-order valence-electron chi connectivity index (χ2n) is 2.61. The number of ether oxygens (including phenoxy) is 1. The zero-order valence-corrected chi connectivity index (χ0v) is 9.44. The van der Waals surface area contributed by atoms with E-state index in [9.17, 15) is 13.2 Å². The fourth-order valence-electron chi connectivity index (χ4n) is 0.943. The molecule has 1 aromatic rings. The van der Waals surface area contributed by atoms with Gasteiger partial charge >= 0.3 is 5.97 Å². The summed E-state index contributed by atoms with van der Waals surface area (Å²) >= 11 is 1.02. The highest BCUT2D eigenvalue weighted by Crippen LogP contribution is 2.23. The van der Waals surface area contributed by atoms with Gasteiger partial charge in [0.05, 0.1) is 12.2 Å². The van der Waals surface area contributed by atoms with Crippen LogP contribution in [0, 0.1) is 0 Å². The number of thiophene rings is 1. The zero-order valence-electron chi connectivity index (χ0n) is 7.81. The van der Waals surface area contributed by atoms with E-state index in [4.69, 9.17) is 4.74 Å². The van der Waals surface area contributed by atoms with Gasteiger partial charge in [0.2, 0.25) is 0 Å². The summed E-state index contributed by atoms with van der Waals surface area (Å²) in [5.41, 5.74) is 0.124. The molecule has 0 N–H and O–H groups in total. The molecule has 0 saturated heterocycles. The largest absolute Gasteiger partial charge is 0.462 e. The van der Waals surface area contributed by atoms with Crippen LogP contribution in [0.15, 0.2) is 15.7 Å². The first-order valence-electron chi connectivity index (χ1n) is 3.91. The van der Waals surface area contributed by atoms with Crippen molar-refractivity contribution in [2.45, 2.75) is 11.1 Å². The Hall–Kier alpha value is -0.880. The van der Waals surface area contributed by atoms with Gasteiger partial charge in [-0.05, 0) is 18.4 Å². The number of esters is 1. The van der Waals surface area contributed by atoms with Crippen LogP contribution in [-0.2, 0) is 14.6 Å². The molecule has 0 radical (unpaired) electrons. The fourth-order valence-corrected chi connectivity index (χ4v) is 2.97. The van der Waals surface area contributed by atoms with Gasteiger partial charge in [0.15, 0.2) is 9.84 Å². The molecule has 0 atom stereocenters. The molecule has 0 fully saturated rings. The first kappa shape index (κ1) is 11.2. The average Bonchev–Trinajstić information content (AvgIpc) is 2.50. The van der Waals surface area contributed by atoms with Crippen molar-refractivity contribution in [3.8, 4) is 0 Å². The van der Waals surface area contributed by atoms with Crippen molar-refractivity contribution < 1.29 is 17.9 Å². The molecule has 0 bridgehead atoms. The third-order valence-electron chi connectivity index (χ3n) is 1.46. The number of hydrogen-bond donors (Lipinski definition) is 0. The van der Waals surface area contributed by atoms with Gasteiger partial charge in [-0.3, -0.25) is 0 Å². The molecule has 6 heteroatoms. The van der Waals surface area contributed by atoms with Gasteiger partial charge in [0.1, 0.15) is 4.21 Å². The number of carbonyl (C=O) groups is 1. The molecular formula is C8H10O4S2. The standard InChI is InChI=1S/C8H10O4S2/c1-3-12-7(9)6-4-5-13-8(6)14(2,10)11/h4-5H,3H2,1-2H3. The molecule has 0 aliphatic carbocycles. The van der Waals surface area contributed by atoms with Crippen molar-refractivity contribution in [2.75, 3.05) is 12.9 Å². The summed E-state index contributed by atoms with van der Waals surface area (Å²) in [5.74, 6) is -0.589. The van der Waals surface area contributed by atoms with Crippen LogP contribution in [0.4, 0.5) is 0 Å². The maximum absolute atomic E-state index is 11.3. The summed E-state index contributed by atoms with van der Waals surface area (Å²) in [5, 5.41) is 1.56. The van der Waals surface area contributed by atoms with Crippen LogP contribution in [-0.4, -0.2) is 27.2 Å². The Morgan fingerprint density at radius 3 is 2.71 bits per heavy atom. The van der Waals surface area contributed by atoms with Crippen molar-refractivity contribution in [3.63, 3.8) is 0 Å². The van der Waals surface area contributed by atoms with Crippen LogP contribution in [0.5, 0.6) is 0 Å². The van der Waals surface area contributed by atoms with E-state index in [0.29, 0.717) is 0 Å². The maximum atomic E-state index is 11.3. The van der Waals surface area contributed by atoms with Crippen LogP contribution in [0.3, 0.4) is 0 Å². The molecule has 0 aliphatic heterocycles. The Labute approximate surface area is 86.4 Å². The molecule has 0 unspecified atom stereocenters. The normalized spacial score (nSPS) is 11.3. The highest BCUT2D eigenvalue weighted by Gasteiger charge is 2.20. The Morgan fingerprint density at radius 1 is 1.57 bits per heavy atom. The number of hydrogen-bond acceptors (Lipinski definition) is 5. The van der Waals surface area contributed by atoms with E-state index in [2.05, 4.69) is 0 Å². The van der Waals surface area contributed by atoms with Crippen molar-refractivity contribution in [3.05, 3.63) is 17.0 Å². The van der Waals surface area contributed by atoms with Crippen molar-refractivity contribution in [1.29, 1.82) is 0 Å². The summed E-state index contributed by atoms with van der Waals surface area (Å²) in [6.45, 7) is 1.91. The minimum Gasteiger partial charge on any atom is -0.462 e. The van der Waals surface area contributed by atoms with E-state index < -0.39 is 15.8 Å². The first-order valence-corrected chi connectivity index (χ1v) is 6.68. The van der Waals surface area contributed by atoms with E-state index in [1.54, 1.807) is 12.3 Å². The summed E-state index contributed by atoms with van der Waals surface area (Å²) in [6, 6.07) is 1.46. The van der Waals surface area contributed by atoms with E-state index in [-0.39, 0.29) is 16.4 Å². The topological polar surface area (TPSA) is 60.4 Å². The van der Waals surface area contributed by atoms with E-state index >= 15 is 0 Å². The van der Waals surface area contributed by atoms with Gasteiger partial charge in [-0.25, -0.2) is 13.2 Å². The van der Waals surface area contributed by atoms with Crippen LogP contribution < -0.4 is 0 Å². The van der Waals surface area contributed by atoms with Crippen LogP contribution >= 0.6 is 11.3 Å². The molecule has 4 nitrogen and oxygen atoms in total. The fraction of sp³-hybridized carbons (Fsp3) is 0.375. The Bertz CT molecular complexity index is 430. The Kier molecular flexibility index (Phi) is 3.28. The highest BCUT2D eigenvalue weighted by atomic mass is 32.2. The quantitative estimate of drug-likeness (QED) is 0.740. The van der Waals surface area contributed by atoms with Gasteiger partial charge in [-0.2, -0.15) is 0 Å². The lowest BCUT2D eigenvalue weighted by Crippen LogP contribution is -2.08. The molecule has 78 valence electrons. The predicted octanol–water partition coefficient (Wildman–Crippen LogP) is 1.33. The second kappa shape index (κ2) is 4.10. The van der Waals surface area contributed by atoms with Crippen LogP contribution in [0.25, 0.3) is 0 Å². The van der Waals surface area contributed by atoms with Gasteiger partial charge in [0, 0.05) is 6.26 Å². The molecule has 1 heterocycles. The number of carbonyl (C=O) groups excluding carboxylic acids is 1.